The summed E-state index contributed by atoms with van der Waals surface area (Å²) in [5.74, 6) is 0.492. The van der Waals surface area contributed by atoms with E-state index in [-0.39, 0.29) is 18.6 Å². The van der Waals surface area contributed by atoms with Crippen molar-refractivity contribution in [3.8, 4) is 5.75 Å². The lowest BCUT2D eigenvalue weighted by Crippen LogP contribution is -2.37. The van der Waals surface area contributed by atoms with Crippen LogP contribution in [0.15, 0.2) is 35.7 Å². The molecule has 2 heterocycles. The van der Waals surface area contributed by atoms with Gasteiger partial charge in [-0.15, -0.1) is 11.3 Å². The van der Waals surface area contributed by atoms with Gasteiger partial charge < -0.3 is 14.8 Å². The lowest BCUT2D eigenvalue weighted by molar-refractivity contribution is -0.117. The fourth-order valence-corrected chi connectivity index (χ4v) is 3.97. The van der Waals surface area contributed by atoms with Crippen molar-refractivity contribution in [2.45, 2.75) is 25.5 Å². The number of ether oxygens (including phenoxy) is 2. The molecule has 140 valence electrons. The quantitative estimate of drug-likeness (QED) is 0.734. The Morgan fingerprint density at radius 3 is 3.04 bits per heavy atom. The van der Waals surface area contributed by atoms with Crippen LogP contribution in [-0.4, -0.2) is 43.7 Å². The number of hydrogen-bond donors (Lipinski definition) is 1. The maximum atomic E-state index is 12.6. The third kappa shape index (κ3) is 5.45. The molecular formula is C19H23ClN2O3S. The summed E-state index contributed by atoms with van der Waals surface area (Å²) in [5.41, 5.74) is 0.582. The topological polar surface area (TPSA) is 50.8 Å². The molecule has 2 aromatic rings. The number of methoxy groups -OCH3 is 1. The van der Waals surface area contributed by atoms with Gasteiger partial charge in [-0.05, 0) is 42.5 Å². The molecule has 1 saturated heterocycles. The number of amides is 1. The molecule has 26 heavy (non-hydrogen) atoms. The largest absolute Gasteiger partial charge is 0.495 e. The highest BCUT2D eigenvalue weighted by Crippen LogP contribution is 2.27. The van der Waals surface area contributed by atoms with Crippen LogP contribution in [0.3, 0.4) is 0 Å². The van der Waals surface area contributed by atoms with Crippen molar-refractivity contribution in [3.63, 3.8) is 0 Å². The van der Waals surface area contributed by atoms with Gasteiger partial charge in [-0.1, -0.05) is 17.7 Å². The van der Waals surface area contributed by atoms with E-state index < -0.39 is 0 Å². The summed E-state index contributed by atoms with van der Waals surface area (Å²) in [6, 6.07) is 9.29. The fourth-order valence-electron chi connectivity index (χ4n) is 3.05. The van der Waals surface area contributed by atoms with Crippen molar-refractivity contribution >= 4 is 34.5 Å². The van der Waals surface area contributed by atoms with Crippen LogP contribution in [-0.2, 0) is 16.1 Å². The zero-order chi connectivity index (χ0) is 18.4. The predicted molar refractivity (Wildman–Crippen MR) is 105 cm³/mol. The van der Waals surface area contributed by atoms with Gasteiger partial charge in [0.05, 0.1) is 25.4 Å². The van der Waals surface area contributed by atoms with Crippen LogP contribution in [0.5, 0.6) is 5.75 Å². The molecule has 0 aliphatic carbocycles. The van der Waals surface area contributed by atoms with Crippen LogP contribution in [0.2, 0.25) is 5.02 Å². The van der Waals surface area contributed by atoms with Crippen LogP contribution in [0.4, 0.5) is 5.69 Å². The lowest BCUT2D eigenvalue weighted by atomic mass is 10.2. The standard InChI is InChI=1S/C19H23ClN2O3S/c1-24-18-7-6-14(20)10-17(18)21-19(23)13-22(11-15-4-2-8-25-15)12-16-5-3-9-26-16/h3,5-7,9-10,15H,2,4,8,11-13H2,1H3,(H,21,23)/t15-/m1/s1. The first-order valence-corrected chi connectivity index (χ1v) is 9.89. The zero-order valence-electron chi connectivity index (χ0n) is 14.7. The zero-order valence-corrected chi connectivity index (χ0v) is 16.3. The Balaban J connectivity index is 1.65. The maximum Gasteiger partial charge on any atom is 0.238 e. The Hall–Kier alpha value is -1.60. The van der Waals surface area contributed by atoms with Crippen LogP contribution >= 0.6 is 22.9 Å². The van der Waals surface area contributed by atoms with Crippen LogP contribution < -0.4 is 10.1 Å². The number of hydrogen-bond acceptors (Lipinski definition) is 5. The van der Waals surface area contributed by atoms with E-state index in [0.29, 0.717) is 16.5 Å². The number of rotatable bonds is 8. The van der Waals surface area contributed by atoms with E-state index >= 15 is 0 Å². The minimum absolute atomic E-state index is 0.0971. The molecule has 1 fully saturated rings. The molecule has 0 unspecified atom stereocenters. The number of thiophene rings is 1. The summed E-state index contributed by atoms with van der Waals surface area (Å²) < 4.78 is 11.0. The molecule has 0 bridgehead atoms. The van der Waals surface area contributed by atoms with Gasteiger partial charge in [-0.2, -0.15) is 0 Å². The summed E-state index contributed by atoms with van der Waals surface area (Å²) in [4.78, 5) is 16.0. The van der Waals surface area contributed by atoms with Gasteiger partial charge in [0.25, 0.3) is 0 Å². The SMILES string of the molecule is COc1ccc(Cl)cc1NC(=O)CN(Cc1cccs1)C[C@H]1CCCO1. The van der Waals surface area contributed by atoms with E-state index in [1.807, 2.05) is 6.07 Å². The van der Waals surface area contributed by atoms with Gasteiger partial charge in [0.2, 0.25) is 5.91 Å². The highest BCUT2D eigenvalue weighted by Gasteiger charge is 2.21. The van der Waals surface area contributed by atoms with Gasteiger partial charge in [-0.3, -0.25) is 9.69 Å². The molecule has 5 nitrogen and oxygen atoms in total. The summed E-state index contributed by atoms with van der Waals surface area (Å²) in [6.07, 6.45) is 2.33. The molecular weight excluding hydrogens is 372 g/mol. The van der Waals surface area contributed by atoms with E-state index in [9.17, 15) is 4.79 Å². The van der Waals surface area contributed by atoms with Crippen molar-refractivity contribution in [2.75, 3.05) is 32.1 Å². The summed E-state index contributed by atoms with van der Waals surface area (Å²) >= 11 is 7.74. The highest BCUT2D eigenvalue weighted by molar-refractivity contribution is 7.09. The minimum atomic E-state index is -0.0971. The predicted octanol–water partition coefficient (Wildman–Crippen LogP) is 4.03. The molecule has 7 heteroatoms. The monoisotopic (exact) mass is 394 g/mol. The molecule has 1 aliphatic rings. The highest BCUT2D eigenvalue weighted by atomic mass is 35.5. The molecule has 1 amide bonds. The van der Waals surface area contributed by atoms with E-state index in [2.05, 4.69) is 21.7 Å². The third-order valence-corrected chi connectivity index (χ3v) is 5.34. The third-order valence-electron chi connectivity index (χ3n) is 4.25. The Labute approximate surface area is 162 Å². The van der Waals surface area contributed by atoms with Crippen molar-refractivity contribution in [1.82, 2.24) is 4.90 Å². The average Bonchev–Trinajstić information content (AvgIpc) is 3.29. The molecule has 0 spiro atoms. The summed E-state index contributed by atoms with van der Waals surface area (Å²) in [5, 5.41) is 5.51. The second kappa shape index (κ2) is 9.37. The van der Waals surface area contributed by atoms with Crippen molar-refractivity contribution < 1.29 is 14.3 Å². The lowest BCUT2D eigenvalue weighted by Gasteiger charge is -2.24. The maximum absolute atomic E-state index is 12.6. The van der Waals surface area contributed by atoms with Gasteiger partial charge in [0, 0.05) is 29.6 Å². The van der Waals surface area contributed by atoms with E-state index in [4.69, 9.17) is 21.1 Å². The van der Waals surface area contributed by atoms with Gasteiger partial charge in [0.15, 0.2) is 0 Å². The molecule has 3 rings (SSSR count). The molecule has 1 aromatic carbocycles. The number of benzene rings is 1. The van der Waals surface area contributed by atoms with Gasteiger partial charge in [0.1, 0.15) is 5.75 Å². The normalized spacial score (nSPS) is 16.8. The van der Waals surface area contributed by atoms with Crippen LogP contribution in [0, 0.1) is 0 Å². The van der Waals surface area contributed by atoms with Gasteiger partial charge >= 0.3 is 0 Å². The molecule has 1 N–H and O–H groups in total. The van der Waals surface area contributed by atoms with Crippen molar-refractivity contribution in [1.29, 1.82) is 0 Å². The second-order valence-corrected chi connectivity index (χ2v) is 7.75. The molecule has 0 radical (unpaired) electrons. The van der Waals surface area contributed by atoms with Crippen molar-refractivity contribution in [3.05, 3.63) is 45.6 Å². The average molecular weight is 395 g/mol. The van der Waals surface area contributed by atoms with Crippen molar-refractivity contribution in [2.24, 2.45) is 0 Å². The molecule has 1 aromatic heterocycles. The number of halogens is 1. The number of anilines is 1. The minimum Gasteiger partial charge on any atom is -0.495 e. The fraction of sp³-hybridized carbons (Fsp3) is 0.421. The van der Waals surface area contributed by atoms with E-state index in [0.717, 1.165) is 32.5 Å². The summed E-state index contributed by atoms with van der Waals surface area (Å²) in [6.45, 7) is 2.58. The first-order chi connectivity index (χ1) is 12.6. The van der Waals surface area contributed by atoms with E-state index in [1.165, 1.54) is 4.88 Å². The second-order valence-electron chi connectivity index (χ2n) is 6.28. The number of carbonyl (C=O) groups excluding carboxylic acids is 1. The molecule has 0 saturated carbocycles. The Bertz CT molecular complexity index is 718. The number of nitrogens with zero attached hydrogens (tertiary/aromatic N) is 1. The smallest absolute Gasteiger partial charge is 0.238 e. The Morgan fingerprint density at radius 2 is 2.35 bits per heavy atom. The first-order valence-electron chi connectivity index (χ1n) is 8.64. The first kappa shape index (κ1) is 19.2. The van der Waals surface area contributed by atoms with Gasteiger partial charge in [-0.25, -0.2) is 0 Å². The van der Waals surface area contributed by atoms with Crippen LogP contribution in [0.1, 0.15) is 17.7 Å². The summed E-state index contributed by atoms with van der Waals surface area (Å²) in [7, 11) is 1.57. The number of carbonyl (C=O) groups is 1. The molecule has 1 atom stereocenters. The van der Waals surface area contributed by atoms with E-state index in [1.54, 1.807) is 36.6 Å². The molecule has 1 aliphatic heterocycles. The van der Waals surface area contributed by atoms with Crippen LogP contribution in [0.25, 0.3) is 0 Å². The Kier molecular flexibility index (Phi) is 6.91. The number of nitrogens with one attached hydrogen (secondary N) is 1. The Morgan fingerprint density at radius 1 is 1.46 bits per heavy atom.